The van der Waals surface area contributed by atoms with Crippen LogP contribution in [0.15, 0.2) is 42.5 Å². The number of nitrogens with one attached hydrogen (secondary N) is 2. The normalized spacial score (nSPS) is 11.8. The van der Waals surface area contributed by atoms with Crippen LogP contribution in [-0.4, -0.2) is 5.11 Å². The molecule has 0 aliphatic heterocycles. The Balaban J connectivity index is 2.10. The highest BCUT2D eigenvalue weighted by Crippen LogP contribution is 2.27. The third kappa shape index (κ3) is 4.35. The number of rotatable bonds is 4. The summed E-state index contributed by atoms with van der Waals surface area (Å²) in [6.07, 6.45) is 1.08. The minimum absolute atomic E-state index is 0.469. The second-order valence-corrected chi connectivity index (χ2v) is 6.33. The molecule has 0 aromatic heterocycles. The van der Waals surface area contributed by atoms with E-state index in [0.29, 0.717) is 21.1 Å². The van der Waals surface area contributed by atoms with Gasteiger partial charge >= 0.3 is 0 Å². The molecule has 0 amide bonds. The van der Waals surface area contributed by atoms with Crippen LogP contribution >= 0.6 is 35.4 Å². The fourth-order valence-electron chi connectivity index (χ4n) is 2.12. The number of benzene rings is 2. The average molecular weight is 353 g/mol. The summed E-state index contributed by atoms with van der Waals surface area (Å²) < 4.78 is 0. The van der Waals surface area contributed by atoms with Crippen LogP contribution in [0.4, 0.5) is 11.4 Å². The van der Waals surface area contributed by atoms with E-state index in [-0.39, 0.29) is 0 Å². The molecule has 1 unspecified atom stereocenters. The summed E-state index contributed by atoms with van der Waals surface area (Å²) in [6, 6.07) is 13.5. The van der Waals surface area contributed by atoms with Crippen LogP contribution in [-0.2, 0) is 0 Å². The van der Waals surface area contributed by atoms with Crippen molar-refractivity contribution in [3.63, 3.8) is 0 Å². The highest BCUT2D eigenvalue weighted by atomic mass is 35.5. The Morgan fingerprint density at radius 1 is 1.09 bits per heavy atom. The molecule has 116 valence electrons. The van der Waals surface area contributed by atoms with E-state index in [2.05, 4.69) is 30.5 Å². The van der Waals surface area contributed by atoms with Crippen LogP contribution in [0, 0.1) is 0 Å². The van der Waals surface area contributed by atoms with E-state index in [4.69, 9.17) is 35.4 Å². The third-order valence-corrected chi connectivity index (χ3v) is 4.47. The quantitative estimate of drug-likeness (QED) is 0.629. The van der Waals surface area contributed by atoms with Crippen molar-refractivity contribution < 1.29 is 0 Å². The van der Waals surface area contributed by atoms with Crippen molar-refractivity contribution in [2.75, 3.05) is 10.6 Å². The van der Waals surface area contributed by atoms with Gasteiger partial charge < -0.3 is 10.6 Å². The van der Waals surface area contributed by atoms with E-state index in [1.165, 1.54) is 5.56 Å². The van der Waals surface area contributed by atoms with Gasteiger partial charge in [0.05, 0.1) is 10.0 Å². The lowest BCUT2D eigenvalue weighted by molar-refractivity contribution is 0.736. The summed E-state index contributed by atoms with van der Waals surface area (Å²) in [5.74, 6) is 0.469. The number of para-hydroxylation sites is 1. The summed E-state index contributed by atoms with van der Waals surface area (Å²) in [5.41, 5.74) is 3.07. The predicted molar refractivity (Wildman–Crippen MR) is 101 cm³/mol. The molecule has 2 aromatic rings. The molecular formula is C17H18Cl2N2S. The maximum atomic E-state index is 6.01. The molecule has 2 rings (SSSR count). The fraction of sp³-hybridized carbons (Fsp3) is 0.235. The van der Waals surface area contributed by atoms with Crippen molar-refractivity contribution >= 4 is 51.9 Å². The topological polar surface area (TPSA) is 24.1 Å². The summed E-state index contributed by atoms with van der Waals surface area (Å²) >= 11 is 17.3. The van der Waals surface area contributed by atoms with Crippen LogP contribution in [0.3, 0.4) is 0 Å². The lowest BCUT2D eigenvalue weighted by Gasteiger charge is -2.17. The van der Waals surface area contributed by atoms with Gasteiger partial charge in [-0.15, -0.1) is 0 Å². The summed E-state index contributed by atoms with van der Waals surface area (Å²) in [5, 5.41) is 7.91. The number of hydrogen-bond donors (Lipinski definition) is 2. The summed E-state index contributed by atoms with van der Waals surface area (Å²) in [7, 11) is 0. The van der Waals surface area contributed by atoms with E-state index in [0.717, 1.165) is 17.8 Å². The average Bonchev–Trinajstić information content (AvgIpc) is 2.50. The SMILES string of the molecule is CCC(C)c1ccccc1NC(=S)Nc1ccc(Cl)c(Cl)c1. The number of thiocarbonyl (C=S) groups is 1. The van der Waals surface area contributed by atoms with Gasteiger partial charge in [0.1, 0.15) is 0 Å². The lowest BCUT2D eigenvalue weighted by atomic mass is 9.97. The van der Waals surface area contributed by atoms with E-state index in [9.17, 15) is 0 Å². The molecule has 5 heteroatoms. The summed E-state index contributed by atoms with van der Waals surface area (Å²) in [6.45, 7) is 4.38. The molecule has 1 atom stereocenters. The minimum Gasteiger partial charge on any atom is -0.332 e. The van der Waals surface area contributed by atoms with Crippen molar-refractivity contribution in [1.29, 1.82) is 0 Å². The smallest absolute Gasteiger partial charge is 0.175 e. The Morgan fingerprint density at radius 3 is 2.50 bits per heavy atom. The molecule has 0 spiro atoms. The van der Waals surface area contributed by atoms with Crippen LogP contribution in [0.2, 0.25) is 10.0 Å². The Hall–Kier alpha value is -1.29. The Kier molecular flexibility index (Phi) is 6.07. The first-order chi connectivity index (χ1) is 10.5. The van der Waals surface area contributed by atoms with Crippen LogP contribution in [0.1, 0.15) is 31.7 Å². The van der Waals surface area contributed by atoms with Crippen molar-refractivity contribution in [2.45, 2.75) is 26.2 Å². The third-order valence-electron chi connectivity index (χ3n) is 3.53. The van der Waals surface area contributed by atoms with Gasteiger partial charge in [0.15, 0.2) is 5.11 Å². The molecule has 0 heterocycles. The van der Waals surface area contributed by atoms with Crippen molar-refractivity contribution in [3.8, 4) is 0 Å². The standard InChI is InChI=1S/C17H18Cl2N2S/c1-3-11(2)13-6-4-5-7-16(13)21-17(22)20-12-8-9-14(18)15(19)10-12/h4-11H,3H2,1-2H3,(H2,20,21,22). The van der Waals surface area contributed by atoms with Gasteiger partial charge in [-0.2, -0.15) is 0 Å². The first kappa shape index (κ1) is 17.1. The number of anilines is 2. The van der Waals surface area contributed by atoms with Gasteiger partial charge in [0.25, 0.3) is 0 Å². The van der Waals surface area contributed by atoms with Crippen LogP contribution in [0.25, 0.3) is 0 Å². The second kappa shape index (κ2) is 7.82. The van der Waals surface area contributed by atoms with Gasteiger partial charge in [-0.3, -0.25) is 0 Å². The molecule has 0 aliphatic carbocycles. The van der Waals surface area contributed by atoms with Crippen molar-refractivity contribution in [2.24, 2.45) is 0 Å². The van der Waals surface area contributed by atoms with E-state index in [1.807, 2.05) is 24.3 Å². The van der Waals surface area contributed by atoms with Crippen molar-refractivity contribution in [1.82, 2.24) is 0 Å². The highest BCUT2D eigenvalue weighted by molar-refractivity contribution is 7.80. The lowest BCUT2D eigenvalue weighted by Crippen LogP contribution is -2.20. The largest absolute Gasteiger partial charge is 0.332 e. The Labute approximate surface area is 146 Å². The molecule has 0 saturated carbocycles. The molecule has 0 fully saturated rings. The van der Waals surface area contributed by atoms with E-state index < -0.39 is 0 Å². The van der Waals surface area contributed by atoms with E-state index in [1.54, 1.807) is 12.1 Å². The van der Waals surface area contributed by atoms with Gasteiger partial charge in [-0.25, -0.2) is 0 Å². The second-order valence-electron chi connectivity index (χ2n) is 5.10. The number of hydrogen-bond acceptors (Lipinski definition) is 1. The zero-order valence-corrected chi connectivity index (χ0v) is 14.8. The summed E-state index contributed by atoms with van der Waals surface area (Å²) in [4.78, 5) is 0. The number of halogens is 2. The molecule has 0 bridgehead atoms. The monoisotopic (exact) mass is 352 g/mol. The molecule has 22 heavy (non-hydrogen) atoms. The maximum Gasteiger partial charge on any atom is 0.175 e. The van der Waals surface area contributed by atoms with Crippen LogP contribution in [0.5, 0.6) is 0 Å². The molecule has 2 aromatic carbocycles. The Bertz CT molecular complexity index is 673. The minimum atomic E-state index is 0.469. The van der Waals surface area contributed by atoms with Gasteiger partial charge in [-0.05, 0) is 54.4 Å². The molecule has 2 nitrogen and oxygen atoms in total. The highest BCUT2D eigenvalue weighted by Gasteiger charge is 2.09. The van der Waals surface area contributed by atoms with Gasteiger partial charge in [0.2, 0.25) is 0 Å². The molecular weight excluding hydrogens is 335 g/mol. The van der Waals surface area contributed by atoms with Gasteiger partial charge in [-0.1, -0.05) is 55.2 Å². The molecule has 0 radical (unpaired) electrons. The van der Waals surface area contributed by atoms with E-state index >= 15 is 0 Å². The molecule has 0 aliphatic rings. The zero-order chi connectivity index (χ0) is 16.1. The first-order valence-corrected chi connectivity index (χ1v) is 8.29. The zero-order valence-electron chi connectivity index (χ0n) is 12.5. The Morgan fingerprint density at radius 2 is 1.82 bits per heavy atom. The van der Waals surface area contributed by atoms with Crippen LogP contribution < -0.4 is 10.6 Å². The molecule has 0 saturated heterocycles. The first-order valence-electron chi connectivity index (χ1n) is 7.13. The maximum absolute atomic E-state index is 6.01. The fourth-order valence-corrected chi connectivity index (χ4v) is 2.64. The van der Waals surface area contributed by atoms with Gasteiger partial charge in [0, 0.05) is 11.4 Å². The predicted octanol–water partition coefficient (Wildman–Crippen LogP) is 6.32. The van der Waals surface area contributed by atoms with Crippen molar-refractivity contribution in [3.05, 3.63) is 58.1 Å². The molecule has 2 N–H and O–H groups in total.